The Bertz CT molecular complexity index is 3450. The molecule has 1 aliphatic heterocycles. The van der Waals surface area contributed by atoms with Crippen LogP contribution in [0.3, 0.4) is 0 Å². The average molecular weight is 1580 g/mol. The third-order valence-electron chi connectivity index (χ3n) is 13.3. The topological polar surface area (TPSA) is 318 Å². The van der Waals surface area contributed by atoms with Gasteiger partial charge in [0.05, 0.1) is 106 Å². The molecule has 6 aromatic rings. The minimum Gasteiger partial charge on any atom is -0.741 e. The summed E-state index contributed by atoms with van der Waals surface area (Å²) in [6.45, 7) is 26.0. The van der Waals surface area contributed by atoms with E-state index >= 15 is 0 Å². The molecule has 0 unspecified atom stereocenters. The minimum atomic E-state index is -6.09. The fraction of sp³-hybridized carbons (Fsp3) is 0.500. The molecule has 4 aromatic heterocycles. The van der Waals surface area contributed by atoms with Crippen molar-refractivity contribution in [1.29, 1.82) is 0 Å². The normalized spacial score (nSPS) is 15.3. The molecule has 0 N–H and O–H groups in total. The smallest absolute Gasteiger partial charge is 0.485 e. The Morgan fingerprint density at radius 3 is 0.558 bits per heavy atom. The van der Waals surface area contributed by atoms with Crippen LogP contribution in [0.25, 0.3) is 22.3 Å². The number of halogens is 12. The number of nitrogens with zero attached hydrogens (tertiary/aromatic N) is 4. The van der Waals surface area contributed by atoms with E-state index in [-0.39, 0.29) is 10.8 Å². The fourth-order valence-corrected chi connectivity index (χ4v) is 7.74. The van der Waals surface area contributed by atoms with E-state index in [1.54, 1.807) is 0 Å². The molecule has 0 spiro atoms. The summed E-state index contributed by atoms with van der Waals surface area (Å²) in [5.41, 5.74) is -11.9. The molecule has 0 atom stereocenters. The van der Waals surface area contributed by atoms with Crippen molar-refractivity contribution < 1.29 is 161 Å². The van der Waals surface area contributed by atoms with E-state index in [9.17, 15) is 52.7 Å². The summed E-state index contributed by atoms with van der Waals surface area (Å²) in [6.07, 6.45) is 17.4. The highest BCUT2D eigenvalue weighted by atomic mass is 32.2. The van der Waals surface area contributed by atoms with Crippen molar-refractivity contribution in [1.82, 2.24) is 0 Å². The van der Waals surface area contributed by atoms with Crippen LogP contribution in [-0.2, 0) is 115 Å². The van der Waals surface area contributed by atoms with Gasteiger partial charge in [-0.25, -0.2) is 42.8 Å². The number of pyridine rings is 4. The number of ether oxygens (including phenoxy) is 8. The van der Waals surface area contributed by atoms with Crippen LogP contribution < -0.4 is 18.3 Å². The first kappa shape index (κ1) is 93.6. The van der Waals surface area contributed by atoms with Crippen LogP contribution in [0.15, 0.2) is 147 Å². The molecule has 0 radical (unpaired) electrons. The highest BCUT2D eigenvalue weighted by Gasteiger charge is 2.39. The molecule has 24 nitrogen and oxygen atoms in total. The van der Waals surface area contributed by atoms with E-state index in [1.807, 2.05) is 0 Å². The van der Waals surface area contributed by atoms with Crippen molar-refractivity contribution in [3.8, 4) is 22.3 Å². The van der Waals surface area contributed by atoms with Gasteiger partial charge in [-0.2, -0.15) is 61.8 Å². The molecule has 586 valence electrons. The van der Waals surface area contributed by atoms with Crippen LogP contribution in [0, 0.1) is 0 Å². The molecule has 7 rings (SSSR count). The zero-order valence-corrected chi connectivity index (χ0v) is 60.4. The lowest BCUT2D eigenvalue weighted by atomic mass is 9.87. The number of hydrogen-bond donors (Lipinski definition) is 0. The molecular formula is C64H82F12N4O20S4. The maximum absolute atomic E-state index is 10.7. The van der Waals surface area contributed by atoms with Gasteiger partial charge in [-0.1, -0.05) is 90.1 Å². The lowest BCUT2D eigenvalue weighted by Crippen LogP contribution is -2.43. The van der Waals surface area contributed by atoms with Crippen LogP contribution in [-0.4, -0.2) is 180 Å². The van der Waals surface area contributed by atoms with Gasteiger partial charge in [0.2, 0.25) is 13.1 Å². The summed E-state index contributed by atoms with van der Waals surface area (Å²) in [5, 5.41) is 0. The molecule has 1 fully saturated rings. The van der Waals surface area contributed by atoms with Gasteiger partial charge in [0.25, 0.3) is 0 Å². The van der Waals surface area contributed by atoms with Crippen molar-refractivity contribution in [2.24, 2.45) is 0 Å². The van der Waals surface area contributed by atoms with Gasteiger partial charge in [0.15, 0.2) is 103 Å². The van der Waals surface area contributed by atoms with Gasteiger partial charge in [-0.05, 0) is 44.2 Å². The quantitative estimate of drug-likeness (QED) is 0.0574. The first-order chi connectivity index (χ1) is 48.0. The Hall–Kier alpha value is -6.48. The fourth-order valence-electron chi connectivity index (χ4n) is 7.74. The summed E-state index contributed by atoms with van der Waals surface area (Å²) in [7, 11) is -24.4. The van der Waals surface area contributed by atoms with Gasteiger partial charge in [0.1, 0.15) is 0 Å². The molecule has 0 saturated carbocycles. The summed E-state index contributed by atoms with van der Waals surface area (Å²) in [6, 6.07) is 35.7. The number of rotatable bonds is 9. The first-order valence-electron chi connectivity index (χ1n) is 30.9. The number of aryl methyl sites for hydroxylation is 2. The summed E-state index contributed by atoms with van der Waals surface area (Å²) < 4.78 is 288. The van der Waals surface area contributed by atoms with E-state index in [4.69, 9.17) is 89.8 Å². The monoisotopic (exact) mass is 1580 g/mol. The standard InChI is InChI=1S/C44H50N4.C16H32O8.4CHF3O3S/c1-43(2,3)41-11-7-35(8-12-41)33-47-27-19-39(20-28-47)37-15-23-45(24-16-37)31-32-46-25-17-38(18-26-46)40-21-29-48(30-22-40)34-36-9-13-42(14-10-36)44(4,5)6;1-2-18-5-6-20-9-10-22-13-14-24-16-15-23-12-11-21-8-7-19-4-3-17-1;4*2-1(3,4)8(5,6)7/h7-30H,31-34H2,1-6H3;1-16H2;4*(H,5,6,7)/q+4;;;;;/p-4. The Kier molecular flexibility index (Phi) is 39.6. The molecule has 0 amide bonds. The van der Waals surface area contributed by atoms with Gasteiger partial charge in [-0.3, -0.25) is 0 Å². The van der Waals surface area contributed by atoms with Crippen molar-refractivity contribution in [3.05, 3.63) is 169 Å². The van der Waals surface area contributed by atoms with Gasteiger partial charge in [-0.15, -0.1) is 0 Å². The Morgan fingerprint density at radius 2 is 0.423 bits per heavy atom. The van der Waals surface area contributed by atoms with Crippen LogP contribution in [0.2, 0.25) is 0 Å². The van der Waals surface area contributed by atoms with Gasteiger partial charge >= 0.3 is 22.0 Å². The number of aromatic nitrogens is 4. The predicted octanol–water partition coefficient (Wildman–Crippen LogP) is 7.90. The average Bonchev–Trinajstić information content (AvgIpc) is 0.842. The second-order valence-electron chi connectivity index (χ2n) is 23.6. The second kappa shape index (κ2) is 44.0. The highest BCUT2D eigenvalue weighted by Crippen LogP contribution is 2.26. The van der Waals surface area contributed by atoms with E-state index in [1.165, 1.54) is 44.5 Å². The number of benzene rings is 2. The lowest BCUT2D eigenvalue weighted by Gasteiger charge is -2.18. The van der Waals surface area contributed by atoms with Crippen LogP contribution in [0.1, 0.15) is 63.8 Å². The molecule has 1 aliphatic rings. The molecule has 5 heterocycles. The van der Waals surface area contributed by atoms with Crippen molar-refractivity contribution in [2.75, 3.05) is 106 Å². The molecular weight excluding hydrogens is 1500 g/mol. The Labute approximate surface area is 596 Å². The van der Waals surface area contributed by atoms with E-state index < -0.39 is 62.5 Å². The van der Waals surface area contributed by atoms with E-state index in [0.717, 1.165) is 26.2 Å². The Morgan fingerprint density at radius 1 is 0.279 bits per heavy atom. The SMILES string of the molecule is C1COCCOCCOCCOCCOCCOCCOCCO1.CC(C)(C)c1ccc(C[n+]2ccc(-c3cc[n+](CC[n+]4ccc(-c5cc[n+](Cc6ccc(C(C)(C)C)cc6)cc5)cc4)cc3)cc2)cc1.O=S(=O)([O-])C(F)(F)F.O=S(=O)([O-])C(F)(F)F.O=S(=O)([O-])C(F)(F)F.O=S(=O)([O-])C(F)(F)F. The van der Waals surface area contributed by atoms with Crippen LogP contribution in [0.4, 0.5) is 52.7 Å². The van der Waals surface area contributed by atoms with Crippen molar-refractivity contribution in [3.63, 3.8) is 0 Å². The summed E-state index contributed by atoms with van der Waals surface area (Å²) in [4.78, 5) is 0. The Balaban J connectivity index is 0.000000538. The highest BCUT2D eigenvalue weighted by molar-refractivity contribution is 7.87. The largest absolute Gasteiger partial charge is 0.741 e. The molecule has 0 aliphatic carbocycles. The van der Waals surface area contributed by atoms with Gasteiger partial charge < -0.3 is 56.1 Å². The molecule has 1 saturated heterocycles. The number of hydrogen-bond acceptors (Lipinski definition) is 20. The summed E-state index contributed by atoms with van der Waals surface area (Å²) >= 11 is 0. The maximum Gasteiger partial charge on any atom is 0.485 e. The number of alkyl halides is 12. The molecule has 0 bridgehead atoms. The first-order valence-corrected chi connectivity index (χ1v) is 36.5. The summed E-state index contributed by atoms with van der Waals surface area (Å²) in [5.74, 6) is 0. The van der Waals surface area contributed by atoms with Crippen molar-refractivity contribution in [2.45, 2.75) is 101 Å². The minimum absolute atomic E-state index is 0.181. The van der Waals surface area contributed by atoms with Gasteiger partial charge in [0, 0.05) is 59.7 Å². The van der Waals surface area contributed by atoms with Crippen LogP contribution in [0.5, 0.6) is 0 Å². The second-order valence-corrected chi connectivity index (χ2v) is 29.0. The maximum atomic E-state index is 10.7. The third kappa shape index (κ3) is 39.8. The molecule has 104 heavy (non-hydrogen) atoms. The zero-order valence-electron chi connectivity index (χ0n) is 57.1. The third-order valence-corrected chi connectivity index (χ3v) is 15.6. The zero-order chi connectivity index (χ0) is 78.7. The lowest BCUT2D eigenvalue weighted by molar-refractivity contribution is -0.778. The molecule has 40 heteroatoms. The van der Waals surface area contributed by atoms with Crippen LogP contribution >= 0.6 is 0 Å². The van der Waals surface area contributed by atoms with E-state index in [2.05, 4.69) is 206 Å². The predicted molar refractivity (Wildman–Crippen MR) is 343 cm³/mol. The van der Waals surface area contributed by atoms with Crippen molar-refractivity contribution >= 4 is 40.5 Å². The van der Waals surface area contributed by atoms with E-state index in [0.29, 0.717) is 106 Å². The molecule has 2 aromatic carbocycles.